The molecule has 22 heavy (non-hydrogen) atoms. The van der Waals surface area contributed by atoms with Gasteiger partial charge in [0.25, 0.3) is 0 Å². The van der Waals surface area contributed by atoms with Crippen molar-refractivity contribution in [3.05, 3.63) is 59.9 Å². The maximum Gasteiger partial charge on any atom is 0.329 e. The molecule has 0 spiro atoms. The van der Waals surface area contributed by atoms with Crippen LogP contribution in [0.2, 0.25) is 0 Å². The molecule has 1 heterocycles. The lowest BCUT2D eigenvalue weighted by Gasteiger charge is -2.03. The van der Waals surface area contributed by atoms with Gasteiger partial charge in [0.1, 0.15) is 5.75 Å². The highest BCUT2D eigenvalue weighted by Gasteiger charge is 2.11. The van der Waals surface area contributed by atoms with E-state index < -0.39 is 11.8 Å². The highest BCUT2D eigenvalue weighted by atomic mass is 16.3. The normalized spacial score (nSPS) is 10.4. The minimum absolute atomic E-state index is 0.0302. The lowest BCUT2D eigenvalue weighted by Crippen LogP contribution is -2.37. The number of carbonyl (C=O) groups excluding carboxylic acids is 2. The second kappa shape index (κ2) is 7.53. The number of hydrazone groups is 1. The molecule has 0 bridgehead atoms. The number of pyridine rings is 1. The van der Waals surface area contributed by atoms with E-state index in [0.717, 1.165) is 5.56 Å². The maximum absolute atomic E-state index is 11.6. The van der Waals surface area contributed by atoms with E-state index in [-0.39, 0.29) is 12.3 Å². The van der Waals surface area contributed by atoms with Crippen molar-refractivity contribution < 1.29 is 14.7 Å². The molecule has 0 saturated carbocycles. The number of benzene rings is 1. The third-order valence-corrected chi connectivity index (χ3v) is 2.72. The van der Waals surface area contributed by atoms with E-state index in [1.807, 2.05) is 0 Å². The second-order valence-electron chi connectivity index (χ2n) is 4.30. The summed E-state index contributed by atoms with van der Waals surface area (Å²) in [5.41, 5.74) is 3.35. The molecule has 2 rings (SSSR count). The second-order valence-corrected chi connectivity index (χ2v) is 4.30. The molecule has 7 nitrogen and oxygen atoms in total. The fraction of sp³-hybridized carbons (Fsp3) is 0.0667. The fourth-order valence-corrected chi connectivity index (χ4v) is 1.57. The molecule has 0 aliphatic rings. The number of amides is 2. The Kier molecular flexibility index (Phi) is 5.20. The summed E-state index contributed by atoms with van der Waals surface area (Å²) in [5, 5.41) is 15.6. The van der Waals surface area contributed by atoms with Gasteiger partial charge in [-0.3, -0.25) is 14.6 Å². The molecule has 0 radical (unpaired) electrons. The Hall–Kier alpha value is -3.22. The summed E-state index contributed by atoms with van der Waals surface area (Å²) in [4.78, 5) is 26.9. The maximum atomic E-state index is 11.6. The van der Waals surface area contributed by atoms with Crippen LogP contribution in [0.15, 0.2) is 53.9 Å². The summed E-state index contributed by atoms with van der Waals surface area (Å²) in [6.07, 6.45) is 4.44. The first-order chi connectivity index (χ1) is 10.7. The van der Waals surface area contributed by atoms with Crippen LogP contribution in [0.4, 0.5) is 0 Å². The Balaban J connectivity index is 1.82. The quantitative estimate of drug-likeness (QED) is 0.435. The average Bonchev–Trinajstić information content (AvgIpc) is 2.55. The summed E-state index contributed by atoms with van der Waals surface area (Å²) in [5.74, 6) is -1.66. The van der Waals surface area contributed by atoms with E-state index in [2.05, 4.69) is 20.8 Å². The van der Waals surface area contributed by atoms with Crippen LogP contribution in [-0.4, -0.2) is 28.1 Å². The van der Waals surface area contributed by atoms with Gasteiger partial charge in [-0.15, -0.1) is 0 Å². The molecule has 1 aromatic carbocycles. The number of hydrogen-bond donors (Lipinski definition) is 3. The zero-order valence-electron chi connectivity index (χ0n) is 11.6. The van der Waals surface area contributed by atoms with Gasteiger partial charge in [-0.1, -0.05) is 12.1 Å². The number of aromatic hydroxyl groups is 1. The van der Waals surface area contributed by atoms with Crippen LogP contribution in [0.5, 0.6) is 5.75 Å². The third kappa shape index (κ3) is 4.41. The van der Waals surface area contributed by atoms with E-state index in [1.54, 1.807) is 42.7 Å². The molecule has 0 fully saturated rings. The number of phenols is 1. The number of nitrogens with one attached hydrogen (secondary N) is 2. The van der Waals surface area contributed by atoms with Crippen LogP contribution >= 0.6 is 0 Å². The first-order valence-corrected chi connectivity index (χ1v) is 6.45. The minimum Gasteiger partial charge on any atom is -0.507 e. The van der Waals surface area contributed by atoms with Crippen molar-refractivity contribution in [3.8, 4) is 5.75 Å². The standard InChI is InChI=1S/C15H14N4O3/c20-13-4-2-1-3-12(13)10-18-19-15(22)14(21)17-9-11-5-7-16-8-6-11/h1-8,10,20H,9H2,(H,17,21)(H,19,22). The van der Waals surface area contributed by atoms with Crippen molar-refractivity contribution in [1.29, 1.82) is 0 Å². The van der Waals surface area contributed by atoms with E-state index >= 15 is 0 Å². The first-order valence-electron chi connectivity index (χ1n) is 6.45. The van der Waals surface area contributed by atoms with Gasteiger partial charge in [0.05, 0.1) is 6.21 Å². The van der Waals surface area contributed by atoms with Crippen LogP contribution in [0, 0.1) is 0 Å². The summed E-state index contributed by atoms with van der Waals surface area (Å²) < 4.78 is 0. The Labute approximate surface area is 126 Å². The van der Waals surface area contributed by atoms with Crippen molar-refractivity contribution in [3.63, 3.8) is 0 Å². The van der Waals surface area contributed by atoms with Crippen molar-refractivity contribution in [2.45, 2.75) is 6.54 Å². The van der Waals surface area contributed by atoms with Gasteiger partial charge >= 0.3 is 11.8 Å². The molecule has 2 amide bonds. The Morgan fingerprint density at radius 1 is 1.14 bits per heavy atom. The van der Waals surface area contributed by atoms with Gasteiger partial charge in [0.15, 0.2) is 0 Å². The van der Waals surface area contributed by atoms with Crippen LogP contribution in [-0.2, 0) is 16.1 Å². The van der Waals surface area contributed by atoms with Gasteiger partial charge in [0.2, 0.25) is 0 Å². The van der Waals surface area contributed by atoms with Gasteiger partial charge in [0, 0.05) is 24.5 Å². The van der Waals surface area contributed by atoms with Gasteiger partial charge < -0.3 is 10.4 Å². The number of para-hydroxylation sites is 1. The molecule has 0 aliphatic heterocycles. The fourth-order valence-electron chi connectivity index (χ4n) is 1.57. The van der Waals surface area contributed by atoms with Crippen LogP contribution in [0.1, 0.15) is 11.1 Å². The smallest absolute Gasteiger partial charge is 0.329 e. The molecule has 3 N–H and O–H groups in total. The van der Waals surface area contributed by atoms with Crippen molar-refractivity contribution in [2.24, 2.45) is 5.10 Å². The number of rotatable bonds is 4. The molecule has 1 aromatic heterocycles. The number of aromatic nitrogens is 1. The van der Waals surface area contributed by atoms with E-state index in [0.29, 0.717) is 5.56 Å². The molecule has 0 aliphatic carbocycles. The summed E-state index contributed by atoms with van der Waals surface area (Å²) in [6.45, 7) is 0.220. The third-order valence-electron chi connectivity index (χ3n) is 2.72. The topological polar surface area (TPSA) is 104 Å². The molecule has 0 unspecified atom stereocenters. The van der Waals surface area contributed by atoms with Crippen molar-refractivity contribution >= 4 is 18.0 Å². The molecule has 2 aromatic rings. The van der Waals surface area contributed by atoms with Crippen LogP contribution in [0.3, 0.4) is 0 Å². The minimum atomic E-state index is -0.888. The largest absolute Gasteiger partial charge is 0.507 e. The summed E-state index contributed by atoms with van der Waals surface area (Å²) >= 11 is 0. The molecule has 0 saturated heterocycles. The van der Waals surface area contributed by atoms with Crippen LogP contribution in [0.25, 0.3) is 0 Å². The van der Waals surface area contributed by atoms with Gasteiger partial charge in [-0.2, -0.15) is 5.10 Å². The summed E-state index contributed by atoms with van der Waals surface area (Å²) in [6, 6.07) is 9.95. The molecular weight excluding hydrogens is 284 g/mol. The molecule has 112 valence electrons. The van der Waals surface area contributed by atoms with E-state index in [9.17, 15) is 14.7 Å². The molecular formula is C15H14N4O3. The van der Waals surface area contributed by atoms with Crippen LogP contribution < -0.4 is 10.7 Å². The van der Waals surface area contributed by atoms with Gasteiger partial charge in [-0.05, 0) is 29.8 Å². The van der Waals surface area contributed by atoms with Gasteiger partial charge in [-0.25, -0.2) is 5.43 Å². The monoisotopic (exact) mass is 298 g/mol. The number of carbonyl (C=O) groups is 2. The lowest BCUT2D eigenvalue weighted by molar-refractivity contribution is -0.139. The zero-order valence-corrected chi connectivity index (χ0v) is 11.6. The highest BCUT2D eigenvalue weighted by Crippen LogP contribution is 2.12. The Bertz CT molecular complexity index is 686. The van der Waals surface area contributed by atoms with Crippen molar-refractivity contribution in [1.82, 2.24) is 15.7 Å². The zero-order chi connectivity index (χ0) is 15.8. The Morgan fingerprint density at radius 3 is 2.59 bits per heavy atom. The molecule has 0 atom stereocenters. The summed E-state index contributed by atoms with van der Waals surface area (Å²) in [7, 11) is 0. The average molecular weight is 298 g/mol. The predicted octanol–water partition coefficient (Wildman–Crippen LogP) is 0.554. The number of nitrogens with zero attached hydrogens (tertiary/aromatic N) is 2. The predicted molar refractivity (Wildman–Crippen MR) is 79.9 cm³/mol. The lowest BCUT2D eigenvalue weighted by atomic mass is 10.2. The highest BCUT2D eigenvalue weighted by molar-refractivity contribution is 6.35. The van der Waals surface area contributed by atoms with E-state index in [4.69, 9.17) is 0 Å². The van der Waals surface area contributed by atoms with Crippen molar-refractivity contribution in [2.75, 3.05) is 0 Å². The molecule has 7 heteroatoms. The number of hydrogen-bond acceptors (Lipinski definition) is 5. The first kappa shape index (κ1) is 15.2. The SMILES string of the molecule is O=C(NCc1ccncc1)C(=O)NN=Cc1ccccc1O. The number of phenolic OH excluding ortho intramolecular Hbond substituents is 1. The van der Waals surface area contributed by atoms with E-state index in [1.165, 1.54) is 12.3 Å². The Morgan fingerprint density at radius 2 is 1.86 bits per heavy atom.